The fraction of sp³-hybridized carbons (Fsp3) is 0.250. The minimum absolute atomic E-state index is 0.141. The number of halogens is 1. The third-order valence-electron chi connectivity index (χ3n) is 1.99. The summed E-state index contributed by atoms with van der Waals surface area (Å²) in [5.74, 6) is 0.710. The zero-order valence-corrected chi connectivity index (χ0v) is 10.4. The number of benzene rings is 1. The Labute approximate surface area is 99.5 Å². The molecule has 0 aromatic heterocycles. The first-order chi connectivity index (χ1) is 7.11. The van der Waals surface area contributed by atoms with E-state index >= 15 is 0 Å². The van der Waals surface area contributed by atoms with Gasteiger partial charge in [0, 0.05) is 17.7 Å². The maximum absolute atomic E-state index is 10.7. The topological polar surface area (TPSA) is 17.1 Å². The van der Waals surface area contributed by atoms with Crippen LogP contribution in [0.5, 0.6) is 0 Å². The molecule has 1 aromatic carbocycles. The van der Waals surface area contributed by atoms with Crippen molar-refractivity contribution in [2.45, 2.75) is 13.8 Å². The van der Waals surface area contributed by atoms with Gasteiger partial charge in [-0.2, -0.15) is 0 Å². The summed E-state index contributed by atoms with van der Waals surface area (Å²) >= 11 is 7.29. The number of hydrogen-bond donors (Lipinski definition) is 0. The summed E-state index contributed by atoms with van der Waals surface area (Å²) in [4.78, 5) is 10.7. The van der Waals surface area contributed by atoms with Gasteiger partial charge in [-0.1, -0.05) is 47.6 Å². The van der Waals surface area contributed by atoms with Gasteiger partial charge in [0.25, 0.3) is 0 Å². The monoisotopic (exact) mass is 240 g/mol. The Morgan fingerprint density at radius 3 is 2.93 bits per heavy atom. The van der Waals surface area contributed by atoms with Gasteiger partial charge >= 0.3 is 0 Å². The molecule has 0 amide bonds. The van der Waals surface area contributed by atoms with Gasteiger partial charge in [0.1, 0.15) is 0 Å². The van der Waals surface area contributed by atoms with E-state index in [1.165, 1.54) is 11.8 Å². The molecule has 80 valence electrons. The molecule has 0 aliphatic rings. The molecule has 0 saturated carbocycles. The van der Waals surface area contributed by atoms with Gasteiger partial charge in [-0.15, -0.1) is 0 Å². The number of carbonyl (C=O) groups excluding carboxylic acids is 1. The quantitative estimate of drug-likeness (QED) is 0.796. The van der Waals surface area contributed by atoms with Gasteiger partial charge in [0.2, 0.25) is 0 Å². The molecule has 3 heteroatoms. The summed E-state index contributed by atoms with van der Waals surface area (Å²) in [6.45, 7) is 3.56. The molecule has 0 N–H and O–H groups in total. The largest absolute Gasteiger partial charge is 0.288 e. The molecule has 1 rings (SSSR count). The van der Waals surface area contributed by atoms with Crippen LogP contribution in [0.4, 0.5) is 0 Å². The maximum Gasteiger partial charge on any atom is 0.186 e. The van der Waals surface area contributed by atoms with E-state index in [-0.39, 0.29) is 5.12 Å². The summed E-state index contributed by atoms with van der Waals surface area (Å²) in [5, 5.41) is 0.916. The number of hydrogen-bond acceptors (Lipinski definition) is 2. The van der Waals surface area contributed by atoms with Crippen LogP contribution in [-0.2, 0) is 4.79 Å². The van der Waals surface area contributed by atoms with Crippen molar-refractivity contribution < 1.29 is 4.79 Å². The molecule has 0 unspecified atom stereocenters. The van der Waals surface area contributed by atoms with E-state index in [4.69, 9.17) is 11.6 Å². The van der Waals surface area contributed by atoms with Crippen LogP contribution in [0, 0.1) is 6.92 Å². The standard InChI is InChI=1S/C12H13ClOS/c1-9-11(5-3-7-12(9)13)6-4-8-15-10(2)14/h3-7H,8H2,1-2H3. The molecule has 0 radical (unpaired) electrons. The second-order valence-corrected chi connectivity index (χ2v) is 4.76. The van der Waals surface area contributed by atoms with Crippen molar-refractivity contribution in [1.82, 2.24) is 0 Å². The Hall–Kier alpha value is -0.730. The van der Waals surface area contributed by atoms with E-state index in [1.54, 1.807) is 6.92 Å². The molecule has 15 heavy (non-hydrogen) atoms. The third-order valence-corrected chi connectivity index (χ3v) is 3.16. The molecular formula is C12H13ClOS. The third kappa shape index (κ3) is 4.10. The number of carbonyl (C=O) groups is 1. The van der Waals surface area contributed by atoms with Crippen LogP contribution in [0.2, 0.25) is 5.02 Å². The van der Waals surface area contributed by atoms with Crippen molar-refractivity contribution in [2.75, 3.05) is 5.75 Å². The van der Waals surface area contributed by atoms with Crippen LogP contribution >= 0.6 is 23.4 Å². The highest BCUT2D eigenvalue weighted by atomic mass is 35.5. The SMILES string of the molecule is CC(=O)SCC=Cc1cccc(Cl)c1C. The zero-order valence-electron chi connectivity index (χ0n) is 8.79. The van der Waals surface area contributed by atoms with Crippen molar-refractivity contribution >= 4 is 34.6 Å². The van der Waals surface area contributed by atoms with Gasteiger partial charge in [-0.05, 0) is 24.1 Å². The fourth-order valence-electron chi connectivity index (χ4n) is 1.15. The average molecular weight is 241 g/mol. The lowest BCUT2D eigenvalue weighted by molar-refractivity contribution is -0.109. The number of thioether (sulfide) groups is 1. The Bertz CT molecular complexity index is 385. The molecule has 1 aromatic rings. The van der Waals surface area contributed by atoms with Crippen molar-refractivity contribution in [2.24, 2.45) is 0 Å². The van der Waals surface area contributed by atoms with Crippen molar-refractivity contribution in [3.63, 3.8) is 0 Å². The van der Waals surface area contributed by atoms with E-state index in [1.807, 2.05) is 37.3 Å². The van der Waals surface area contributed by atoms with Crippen LogP contribution in [0.3, 0.4) is 0 Å². The Morgan fingerprint density at radius 1 is 1.53 bits per heavy atom. The molecule has 0 bridgehead atoms. The molecule has 0 heterocycles. The van der Waals surface area contributed by atoms with Crippen LogP contribution in [0.1, 0.15) is 18.1 Å². The van der Waals surface area contributed by atoms with E-state index in [9.17, 15) is 4.79 Å². The normalized spacial score (nSPS) is 10.9. The smallest absolute Gasteiger partial charge is 0.186 e. The zero-order chi connectivity index (χ0) is 11.3. The van der Waals surface area contributed by atoms with E-state index < -0.39 is 0 Å². The second-order valence-electron chi connectivity index (χ2n) is 3.16. The Kier molecular flexibility index (Phi) is 4.92. The highest BCUT2D eigenvalue weighted by Gasteiger charge is 1.97. The highest BCUT2D eigenvalue weighted by molar-refractivity contribution is 8.13. The summed E-state index contributed by atoms with van der Waals surface area (Å²) in [6, 6.07) is 5.81. The first-order valence-corrected chi connectivity index (χ1v) is 6.02. The summed E-state index contributed by atoms with van der Waals surface area (Å²) in [6.07, 6.45) is 3.97. The summed E-state index contributed by atoms with van der Waals surface area (Å²) in [5.41, 5.74) is 2.18. The fourth-order valence-corrected chi connectivity index (χ4v) is 1.75. The van der Waals surface area contributed by atoms with Crippen molar-refractivity contribution in [3.05, 3.63) is 40.4 Å². The van der Waals surface area contributed by atoms with Crippen molar-refractivity contribution in [3.8, 4) is 0 Å². The maximum atomic E-state index is 10.7. The van der Waals surface area contributed by atoms with Crippen LogP contribution in [0.25, 0.3) is 6.08 Å². The van der Waals surface area contributed by atoms with Crippen molar-refractivity contribution in [1.29, 1.82) is 0 Å². The lowest BCUT2D eigenvalue weighted by atomic mass is 10.1. The first kappa shape index (κ1) is 12.3. The minimum Gasteiger partial charge on any atom is -0.288 e. The molecule has 0 fully saturated rings. The van der Waals surface area contributed by atoms with E-state index in [0.29, 0.717) is 5.75 Å². The summed E-state index contributed by atoms with van der Waals surface area (Å²) in [7, 11) is 0. The van der Waals surface area contributed by atoms with E-state index in [2.05, 4.69) is 0 Å². The molecule has 1 nitrogen and oxygen atoms in total. The van der Waals surface area contributed by atoms with E-state index in [0.717, 1.165) is 16.1 Å². The molecular weight excluding hydrogens is 228 g/mol. The molecule has 0 saturated heterocycles. The first-order valence-electron chi connectivity index (χ1n) is 4.66. The van der Waals surface area contributed by atoms with Crippen LogP contribution in [0.15, 0.2) is 24.3 Å². The molecule has 0 atom stereocenters. The molecule has 0 aliphatic heterocycles. The lowest BCUT2D eigenvalue weighted by Gasteiger charge is -2.01. The van der Waals surface area contributed by atoms with Gasteiger partial charge in [0.05, 0.1) is 0 Å². The summed E-state index contributed by atoms with van der Waals surface area (Å²) < 4.78 is 0. The van der Waals surface area contributed by atoms with Gasteiger partial charge in [-0.3, -0.25) is 4.79 Å². The van der Waals surface area contributed by atoms with Gasteiger partial charge in [0.15, 0.2) is 5.12 Å². The predicted molar refractivity (Wildman–Crippen MR) is 68.4 cm³/mol. The average Bonchev–Trinajstić information content (AvgIpc) is 2.18. The minimum atomic E-state index is 0.141. The number of rotatable bonds is 3. The predicted octanol–water partition coefficient (Wildman–Crippen LogP) is 3.94. The second kappa shape index (κ2) is 5.99. The molecule has 0 aliphatic carbocycles. The lowest BCUT2D eigenvalue weighted by Crippen LogP contribution is -1.83. The van der Waals surface area contributed by atoms with Gasteiger partial charge in [-0.25, -0.2) is 0 Å². The highest BCUT2D eigenvalue weighted by Crippen LogP contribution is 2.19. The Balaban J connectivity index is 2.64. The molecule has 0 spiro atoms. The van der Waals surface area contributed by atoms with Crippen LogP contribution < -0.4 is 0 Å². The Morgan fingerprint density at radius 2 is 2.27 bits per heavy atom. The van der Waals surface area contributed by atoms with Crippen LogP contribution in [-0.4, -0.2) is 10.9 Å². The van der Waals surface area contributed by atoms with Gasteiger partial charge < -0.3 is 0 Å².